The first kappa shape index (κ1) is 9.15. The Morgan fingerprint density at radius 3 is 3.17 bits per heavy atom. The molecule has 3 N–H and O–H groups in total. The van der Waals surface area contributed by atoms with Gasteiger partial charge in [-0.3, -0.25) is 4.79 Å². The van der Waals surface area contributed by atoms with Crippen molar-refractivity contribution in [3.8, 4) is 0 Å². The molecule has 0 saturated heterocycles. The van der Waals surface area contributed by atoms with E-state index in [0.29, 0.717) is 0 Å². The molecule has 0 saturated carbocycles. The minimum atomic E-state index is -0.350. The second kappa shape index (κ2) is 4.18. The summed E-state index contributed by atoms with van der Waals surface area (Å²) in [7, 11) is 0. The van der Waals surface area contributed by atoms with Crippen molar-refractivity contribution in [3.63, 3.8) is 0 Å². The minimum Gasteiger partial charge on any atom is -0.369 e. The Balaban J connectivity index is 2.39. The molecule has 0 aliphatic carbocycles. The van der Waals surface area contributed by atoms with Crippen LogP contribution in [0.3, 0.4) is 0 Å². The number of rotatable bonds is 4. The Morgan fingerprint density at radius 1 is 1.92 bits per heavy atom. The van der Waals surface area contributed by atoms with E-state index in [0.717, 1.165) is 5.69 Å². The Labute approximate surface area is 74.8 Å². The molecule has 1 aromatic heterocycles. The van der Waals surface area contributed by atoms with Gasteiger partial charge in [-0.1, -0.05) is 0 Å². The number of nitrogens with one attached hydrogen (secondary N) is 1. The summed E-state index contributed by atoms with van der Waals surface area (Å²) in [5.41, 5.74) is 7.68. The maximum absolute atomic E-state index is 10.4. The minimum absolute atomic E-state index is 0.0868. The molecular weight excluding hydrogens is 174 g/mol. The van der Waals surface area contributed by atoms with E-state index in [1.807, 2.05) is 12.3 Å². The summed E-state index contributed by atoms with van der Waals surface area (Å²) in [6, 6.07) is 0.0868. The zero-order valence-corrected chi connectivity index (χ0v) is 7.60. The fourth-order valence-corrected chi connectivity index (χ4v) is 1.44. The van der Waals surface area contributed by atoms with Crippen molar-refractivity contribution in [1.82, 2.24) is 10.3 Å². The van der Waals surface area contributed by atoms with Crippen LogP contribution in [-0.2, 0) is 4.79 Å². The summed E-state index contributed by atoms with van der Waals surface area (Å²) in [5.74, 6) is -0.350. The zero-order valence-electron chi connectivity index (χ0n) is 6.78. The van der Waals surface area contributed by atoms with Gasteiger partial charge in [0.05, 0.1) is 17.7 Å². The van der Waals surface area contributed by atoms with Crippen LogP contribution in [0, 0.1) is 0 Å². The van der Waals surface area contributed by atoms with Crippen molar-refractivity contribution >= 4 is 17.2 Å². The Morgan fingerprint density at radius 2 is 2.67 bits per heavy atom. The van der Waals surface area contributed by atoms with E-state index >= 15 is 0 Å². The second-order valence-corrected chi connectivity index (χ2v) is 3.20. The average molecular weight is 185 g/mol. The van der Waals surface area contributed by atoms with E-state index < -0.39 is 0 Å². The van der Waals surface area contributed by atoms with Crippen LogP contribution in [0.4, 0.5) is 0 Å². The lowest BCUT2D eigenvalue weighted by Crippen LogP contribution is -2.30. The first-order valence-electron chi connectivity index (χ1n) is 3.60. The smallest absolute Gasteiger partial charge is 0.231 e. The average Bonchev–Trinajstić information content (AvgIpc) is 2.51. The van der Waals surface area contributed by atoms with Crippen molar-refractivity contribution in [1.29, 1.82) is 0 Å². The molecule has 0 fully saturated rings. The van der Waals surface area contributed by atoms with Gasteiger partial charge in [-0.2, -0.15) is 0 Å². The first-order valence-corrected chi connectivity index (χ1v) is 4.54. The molecule has 4 nitrogen and oxygen atoms in total. The maximum Gasteiger partial charge on any atom is 0.231 e. The van der Waals surface area contributed by atoms with Gasteiger partial charge >= 0.3 is 0 Å². The molecule has 1 unspecified atom stereocenters. The highest BCUT2D eigenvalue weighted by molar-refractivity contribution is 7.07. The van der Waals surface area contributed by atoms with Crippen LogP contribution in [-0.4, -0.2) is 17.4 Å². The van der Waals surface area contributed by atoms with Crippen molar-refractivity contribution in [2.45, 2.75) is 13.0 Å². The van der Waals surface area contributed by atoms with Crippen LogP contribution in [0.1, 0.15) is 18.7 Å². The molecule has 12 heavy (non-hydrogen) atoms. The van der Waals surface area contributed by atoms with Gasteiger partial charge < -0.3 is 11.1 Å². The molecular formula is C7H11N3OS. The number of carbonyl (C=O) groups is 1. The topological polar surface area (TPSA) is 68.0 Å². The normalized spacial score (nSPS) is 12.8. The highest BCUT2D eigenvalue weighted by Crippen LogP contribution is 2.10. The highest BCUT2D eigenvalue weighted by Gasteiger charge is 2.06. The third-order valence-electron chi connectivity index (χ3n) is 1.48. The van der Waals surface area contributed by atoms with Crippen molar-refractivity contribution in [2.24, 2.45) is 5.73 Å². The molecule has 0 aliphatic rings. The first-order chi connectivity index (χ1) is 5.70. The van der Waals surface area contributed by atoms with Crippen molar-refractivity contribution in [2.75, 3.05) is 6.54 Å². The molecule has 1 heterocycles. The van der Waals surface area contributed by atoms with E-state index in [9.17, 15) is 4.79 Å². The van der Waals surface area contributed by atoms with Gasteiger partial charge in [-0.15, -0.1) is 11.3 Å². The molecule has 0 spiro atoms. The van der Waals surface area contributed by atoms with Crippen LogP contribution in [0.15, 0.2) is 10.9 Å². The third-order valence-corrected chi connectivity index (χ3v) is 2.08. The lowest BCUT2D eigenvalue weighted by atomic mass is 10.2. The predicted molar refractivity (Wildman–Crippen MR) is 47.7 cm³/mol. The predicted octanol–water partition coefficient (Wildman–Crippen LogP) is 0.279. The fourth-order valence-electron chi connectivity index (χ4n) is 0.794. The number of nitrogens with zero attached hydrogens (tertiary/aromatic N) is 1. The van der Waals surface area contributed by atoms with Gasteiger partial charge in [0.2, 0.25) is 5.91 Å². The zero-order chi connectivity index (χ0) is 8.97. The fraction of sp³-hybridized carbons (Fsp3) is 0.429. The van der Waals surface area contributed by atoms with E-state index in [1.165, 1.54) is 11.3 Å². The largest absolute Gasteiger partial charge is 0.369 e. The molecule has 0 aliphatic heterocycles. The molecule has 66 valence electrons. The molecule has 0 aromatic carbocycles. The summed E-state index contributed by atoms with van der Waals surface area (Å²) >= 11 is 1.53. The molecule has 1 amide bonds. The van der Waals surface area contributed by atoms with E-state index in [4.69, 9.17) is 5.73 Å². The van der Waals surface area contributed by atoms with Crippen LogP contribution in [0.2, 0.25) is 0 Å². The number of amides is 1. The second-order valence-electron chi connectivity index (χ2n) is 2.48. The Hall–Kier alpha value is -0.940. The lowest BCUT2D eigenvalue weighted by molar-refractivity contribution is -0.117. The maximum atomic E-state index is 10.4. The summed E-state index contributed by atoms with van der Waals surface area (Å²) < 4.78 is 0. The molecule has 1 rings (SSSR count). The monoisotopic (exact) mass is 185 g/mol. The van der Waals surface area contributed by atoms with Crippen LogP contribution in [0.5, 0.6) is 0 Å². The quantitative estimate of drug-likeness (QED) is 0.708. The lowest BCUT2D eigenvalue weighted by Gasteiger charge is -2.08. The molecule has 0 radical (unpaired) electrons. The highest BCUT2D eigenvalue weighted by atomic mass is 32.1. The molecule has 1 atom stereocenters. The van der Waals surface area contributed by atoms with Crippen LogP contribution >= 0.6 is 11.3 Å². The van der Waals surface area contributed by atoms with Gasteiger partial charge in [-0.25, -0.2) is 4.98 Å². The van der Waals surface area contributed by atoms with E-state index in [-0.39, 0.29) is 18.5 Å². The number of hydrogen-bond donors (Lipinski definition) is 2. The number of carbonyl (C=O) groups excluding carboxylic acids is 1. The number of thiazole rings is 1. The number of hydrogen-bond acceptors (Lipinski definition) is 4. The van der Waals surface area contributed by atoms with Crippen molar-refractivity contribution < 1.29 is 4.79 Å². The number of aromatic nitrogens is 1. The van der Waals surface area contributed by atoms with Gasteiger partial charge in [0.1, 0.15) is 0 Å². The molecule has 1 aromatic rings. The molecule has 0 bridgehead atoms. The SMILES string of the molecule is CC(NCC(N)=O)c1cscn1. The Bertz CT molecular complexity index is 247. The van der Waals surface area contributed by atoms with Gasteiger partial charge in [-0.05, 0) is 6.92 Å². The number of nitrogens with two attached hydrogens (primary N) is 1. The summed E-state index contributed by atoms with van der Waals surface area (Å²) in [4.78, 5) is 14.5. The van der Waals surface area contributed by atoms with Gasteiger partial charge in [0, 0.05) is 11.4 Å². The number of primary amides is 1. The standard InChI is InChI=1S/C7H11N3OS/c1-5(9-2-7(8)11)6-3-12-4-10-6/h3-5,9H,2H2,1H3,(H2,8,11). The third kappa shape index (κ3) is 2.60. The van der Waals surface area contributed by atoms with E-state index in [1.54, 1.807) is 5.51 Å². The van der Waals surface area contributed by atoms with Crippen molar-refractivity contribution in [3.05, 3.63) is 16.6 Å². The summed E-state index contributed by atoms with van der Waals surface area (Å²) in [5, 5.41) is 4.90. The Kier molecular flexibility index (Phi) is 3.19. The van der Waals surface area contributed by atoms with Crippen LogP contribution in [0.25, 0.3) is 0 Å². The van der Waals surface area contributed by atoms with Crippen LogP contribution < -0.4 is 11.1 Å². The summed E-state index contributed by atoms with van der Waals surface area (Å²) in [6.07, 6.45) is 0. The van der Waals surface area contributed by atoms with Gasteiger partial charge in [0.25, 0.3) is 0 Å². The van der Waals surface area contributed by atoms with E-state index in [2.05, 4.69) is 10.3 Å². The van der Waals surface area contributed by atoms with Gasteiger partial charge in [0.15, 0.2) is 0 Å². The summed E-state index contributed by atoms with van der Waals surface area (Å²) in [6.45, 7) is 2.14. The molecule has 5 heteroatoms.